The number of nitrogens with zero attached hydrogens (tertiary/aromatic N) is 2. The fraction of sp³-hybridized carbons (Fsp3) is 0. The predicted octanol–water partition coefficient (Wildman–Crippen LogP) is 1.94. The molecule has 4 nitrogen and oxygen atoms in total. The third-order valence-corrected chi connectivity index (χ3v) is 1.85. The summed E-state index contributed by atoms with van der Waals surface area (Å²) in [7, 11) is 0. The molecule has 15 heavy (non-hydrogen) atoms. The topological polar surface area (TPSA) is 56.0 Å². The van der Waals surface area contributed by atoms with Crippen molar-refractivity contribution in [1.29, 1.82) is 0 Å². The van der Waals surface area contributed by atoms with Gasteiger partial charge < -0.3 is 4.42 Å². The molecule has 0 aliphatic rings. The lowest BCUT2D eigenvalue weighted by molar-refractivity contribution is 0.100. The van der Waals surface area contributed by atoms with Crippen LogP contribution in [0.5, 0.6) is 0 Å². The first-order chi connectivity index (χ1) is 7.31. The molecule has 1 aromatic heterocycles. The molecule has 0 saturated heterocycles. The molecule has 0 aliphatic heterocycles. The summed E-state index contributed by atoms with van der Waals surface area (Å²) in [6.45, 7) is 3.47. The highest BCUT2D eigenvalue weighted by molar-refractivity contribution is 6.05. The van der Waals surface area contributed by atoms with Crippen molar-refractivity contribution in [2.75, 3.05) is 0 Å². The van der Waals surface area contributed by atoms with E-state index in [0.717, 1.165) is 0 Å². The molecule has 0 unspecified atom stereocenters. The van der Waals surface area contributed by atoms with E-state index < -0.39 is 0 Å². The van der Waals surface area contributed by atoms with Crippen molar-refractivity contribution in [3.63, 3.8) is 0 Å². The van der Waals surface area contributed by atoms with Gasteiger partial charge in [-0.25, -0.2) is 0 Å². The zero-order valence-corrected chi connectivity index (χ0v) is 7.88. The third-order valence-electron chi connectivity index (χ3n) is 1.85. The third kappa shape index (κ3) is 1.83. The molecule has 0 atom stereocenters. The summed E-state index contributed by atoms with van der Waals surface area (Å²) in [6, 6.07) is 8.77. The molecule has 0 amide bonds. The second-order valence-electron chi connectivity index (χ2n) is 2.84. The molecule has 0 spiro atoms. The minimum atomic E-state index is -0.281. The van der Waals surface area contributed by atoms with Crippen molar-refractivity contribution in [1.82, 2.24) is 10.2 Å². The average Bonchev–Trinajstić information content (AvgIpc) is 2.78. The molecular weight excluding hydrogens is 192 g/mol. The number of rotatable bonds is 3. The smallest absolute Gasteiger partial charge is 0.289 e. The summed E-state index contributed by atoms with van der Waals surface area (Å²) in [4.78, 5) is 11.7. The number of hydrogen-bond acceptors (Lipinski definition) is 4. The second-order valence-corrected chi connectivity index (χ2v) is 2.84. The Balaban J connectivity index is 2.32. The number of ketones is 1. The van der Waals surface area contributed by atoms with Gasteiger partial charge in [0.2, 0.25) is 11.7 Å². The van der Waals surface area contributed by atoms with Crippen molar-refractivity contribution in [3.8, 4) is 0 Å². The normalized spacial score (nSPS) is 9.87. The van der Waals surface area contributed by atoms with Crippen molar-refractivity contribution in [2.24, 2.45) is 0 Å². The van der Waals surface area contributed by atoms with Crippen LogP contribution in [0, 0.1) is 0 Å². The highest BCUT2D eigenvalue weighted by atomic mass is 16.4. The summed E-state index contributed by atoms with van der Waals surface area (Å²) in [5.41, 5.74) is 0.525. The van der Waals surface area contributed by atoms with Crippen LogP contribution in [0.2, 0.25) is 0 Å². The predicted molar refractivity (Wildman–Crippen MR) is 54.3 cm³/mol. The fourth-order valence-electron chi connectivity index (χ4n) is 1.12. The molecule has 4 heteroatoms. The molecule has 0 bridgehead atoms. The van der Waals surface area contributed by atoms with Gasteiger partial charge in [-0.15, -0.1) is 10.2 Å². The van der Waals surface area contributed by atoms with E-state index in [2.05, 4.69) is 16.8 Å². The molecule has 2 aromatic rings. The molecule has 0 fully saturated rings. The zero-order chi connectivity index (χ0) is 10.7. The van der Waals surface area contributed by atoms with Gasteiger partial charge in [-0.1, -0.05) is 36.9 Å². The van der Waals surface area contributed by atoms with Gasteiger partial charge in [0.05, 0.1) is 0 Å². The molecule has 1 aromatic carbocycles. The highest BCUT2D eigenvalue weighted by Crippen LogP contribution is 2.08. The molecule has 0 radical (unpaired) electrons. The van der Waals surface area contributed by atoms with Gasteiger partial charge in [-0.2, -0.15) is 0 Å². The van der Waals surface area contributed by atoms with Gasteiger partial charge in [-0.05, 0) is 6.08 Å². The Morgan fingerprint density at radius 1 is 1.27 bits per heavy atom. The first kappa shape index (κ1) is 9.33. The van der Waals surface area contributed by atoms with Gasteiger partial charge in [-0.3, -0.25) is 4.79 Å². The number of hydrogen-bond donors (Lipinski definition) is 0. The average molecular weight is 200 g/mol. The van der Waals surface area contributed by atoms with E-state index in [1.807, 2.05) is 6.07 Å². The number of benzene rings is 1. The monoisotopic (exact) mass is 200 g/mol. The lowest BCUT2D eigenvalue weighted by Gasteiger charge is -1.93. The Labute approximate surface area is 86.3 Å². The quantitative estimate of drug-likeness (QED) is 0.710. The van der Waals surface area contributed by atoms with Crippen LogP contribution in [0.25, 0.3) is 6.08 Å². The van der Waals surface area contributed by atoms with Crippen LogP contribution in [-0.2, 0) is 0 Å². The molecule has 74 valence electrons. The first-order valence-corrected chi connectivity index (χ1v) is 4.37. The standard InChI is InChI=1S/C11H8N2O2/c1-2-9-12-13-11(15-9)10(14)8-6-4-3-5-7-8/h2-7H,1H2. The molecule has 0 N–H and O–H groups in total. The molecule has 0 aliphatic carbocycles. The highest BCUT2D eigenvalue weighted by Gasteiger charge is 2.15. The zero-order valence-electron chi connectivity index (χ0n) is 7.88. The maximum atomic E-state index is 11.7. The van der Waals surface area contributed by atoms with Crippen molar-refractivity contribution in [2.45, 2.75) is 0 Å². The SMILES string of the molecule is C=Cc1nnc(C(=O)c2ccccc2)o1. The van der Waals surface area contributed by atoms with Crippen LogP contribution in [0.15, 0.2) is 41.3 Å². The number of aromatic nitrogens is 2. The number of carbonyl (C=O) groups is 1. The van der Waals surface area contributed by atoms with E-state index in [4.69, 9.17) is 4.42 Å². The van der Waals surface area contributed by atoms with Crippen molar-refractivity contribution >= 4 is 11.9 Å². The van der Waals surface area contributed by atoms with Crippen LogP contribution >= 0.6 is 0 Å². The number of carbonyl (C=O) groups excluding carboxylic acids is 1. The second kappa shape index (κ2) is 3.88. The van der Waals surface area contributed by atoms with E-state index in [9.17, 15) is 4.79 Å². The Bertz CT molecular complexity index is 488. The fourth-order valence-corrected chi connectivity index (χ4v) is 1.12. The summed E-state index contributed by atoms with van der Waals surface area (Å²) in [5, 5.41) is 7.25. The van der Waals surface area contributed by atoms with Gasteiger partial charge >= 0.3 is 0 Å². The molecule has 1 heterocycles. The largest absolute Gasteiger partial charge is 0.414 e. The van der Waals surface area contributed by atoms with Crippen LogP contribution in [-0.4, -0.2) is 16.0 Å². The van der Waals surface area contributed by atoms with Gasteiger partial charge in [0.15, 0.2) is 0 Å². The van der Waals surface area contributed by atoms with E-state index >= 15 is 0 Å². The van der Waals surface area contributed by atoms with E-state index in [1.165, 1.54) is 6.08 Å². The van der Waals surface area contributed by atoms with E-state index in [0.29, 0.717) is 5.56 Å². The Morgan fingerprint density at radius 2 is 2.00 bits per heavy atom. The molecular formula is C11H8N2O2. The van der Waals surface area contributed by atoms with Crippen LogP contribution in [0.1, 0.15) is 22.1 Å². The van der Waals surface area contributed by atoms with Gasteiger partial charge in [0.1, 0.15) is 0 Å². The minimum Gasteiger partial charge on any atom is -0.414 e. The Hall–Kier alpha value is -2.23. The molecule has 0 saturated carbocycles. The summed E-state index contributed by atoms with van der Waals surface area (Å²) in [6.07, 6.45) is 1.40. The Kier molecular flexibility index (Phi) is 2.41. The minimum absolute atomic E-state index is 0.0175. The van der Waals surface area contributed by atoms with Gasteiger partial charge in [0.25, 0.3) is 5.89 Å². The Morgan fingerprint density at radius 3 is 2.60 bits per heavy atom. The van der Waals surface area contributed by atoms with Gasteiger partial charge in [0, 0.05) is 5.56 Å². The lowest BCUT2D eigenvalue weighted by atomic mass is 10.1. The first-order valence-electron chi connectivity index (χ1n) is 4.37. The van der Waals surface area contributed by atoms with Crippen LogP contribution in [0.4, 0.5) is 0 Å². The maximum absolute atomic E-state index is 11.7. The van der Waals surface area contributed by atoms with Crippen LogP contribution in [0.3, 0.4) is 0 Å². The van der Waals surface area contributed by atoms with Crippen molar-refractivity contribution < 1.29 is 9.21 Å². The van der Waals surface area contributed by atoms with E-state index in [-0.39, 0.29) is 17.6 Å². The summed E-state index contributed by atoms with van der Waals surface area (Å²) in [5.74, 6) is -0.0541. The lowest BCUT2D eigenvalue weighted by Crippen LogP contribution is -2.00. The summed E-state index contributed by atoms with van der Waals surface area (Å²) < 4.78 is 5.06. The summed E-state index contributed by atoms with van der Waals surface area (Å²) >= 11 is 0. The maximum Gasteiger partial charge on any atom is 0.289 e. The van der Waals surface area contributed by atoms with Crippen LogP contribution < -0.4 is 0 Å². The molecule has 2 rings (SSSR count). The van der Waals surface area contributed by atoms with Crippen molar-refractivity contribution in [3.05, 3.63) is 54.3 Å². The van der Waals surface area contributed by atoms with E-state index in [1.54, 1.807) is 24.3 Å².